The van der Waals surface area contributed by atoms with Crippen LogP contribution in [-0.4, -0.2) is 179 Å². The molecule has 0 saturated heterocycles. The molecule has 0 unspecified atom stereocenters. The highest BCUT2D eigenvalue weighted by Gasteiger charge is 2.25. The van der Waals surface area contributed by atoms with Gasteiger partial charge in [0.2, 0.25) is 0 Å². The molecule has 0 amide bonds. The van der Waals surface area contributed by atoms with Gasteiger partial charge in [-0.2, -0.15) is 0 Å². The summed E-state index contributed by atoms with van der Waals surface area (Å²) >= 11 is 13.3. The van der Waals surface area contributed by atoms with Crippen molar-refractivity contribution < 1.29 is 98.7 Å². The second kappa shape index (κ2) is 94.7. The van der Waals surface area contributed by atoms with Gasteiger partial charge < -0.3 is 76.1 Å². The molecule has 0 rings (SSSR count). The molecule has 2 N–H and O–H groups in total. The number of quaternary nitrogens is 2. The second-order valence-corrected chi connectivity index (χ2v) is 41.2. The van der Waals surface area contributed by atoms with E-state index in [0.29, 0.717) is 95.5 Å². The Hall–Kier alpha value is -8.13. The number of rotatable bonds is 28. The number of ether oxygens (including phenoxy) is 3. The number of nitrogens with zero attached hydrogens (tertiary/aromatic N) is 3. The van der Waals surface area contributed by atoms with E-state index in [1.807, 2.05) is 81.8 Å². The van der Waals surface area contributed by atoms with Crippen LogP contribution in [0, 0.1) is 309 Å². The summed E-state index contributed by atoms with van der Waals surface area (Å²) in [5, 5.41) is 3.05. The van der Waals surface area contributed by atoms with Crippen molar-refractivity contribution >= 4 is 92.6 Å². The monoisotopic (exact) mass is 2010 g/mol. The highest BCUT2D eigenvalue weighted by atomic mass is 79.9. The molecule has 0 aromatic carbocycles. The minimum Gasteiger partial charge on any atom is -1.00 e. The molecule has 0 aromatic rings. The molecular formula is C90H96Br6N3O12P3Si. The van der Waals surface area contributed by atoms with Crippen molar-refractivity contribution in [2.45, 2.75) is 107 Å². The Bertz CT molecular complexity index is 4800. The summed E-state index contributed by atoms with van der Waals surface area (Å²) in [6.45, 7) is 25.4. The van der Waals surface area contributed by atoms with E-state index in [2.05, 4.69) is 379 Å². The zero-order valence-electron chi connectivity index (χ0n) is 68.3. The maximum Gasteiger partial charge on any atom is 0.330 e. The summed E-state index contributed by atoms with van der Waals surface area (Å²) in [4.78, 5) is 19.6. The zero-order chi connectivity index (χ0) is 86.6. The Balaban J connectivity index is -0.000000176. The van der Waals surface area contributed by atoms with Crippen LogP contribution >= 0.6 is 85.9 Å². The maximum absolute atomic E-state index is 12.5. The van der Waals surface area contributed by atoms with Gasteiger partial charge in [0.15, 0.2) is 12.1 Å². The molecule has 15 nitrogen and oxygen atoms in total. The van der Waals surface area contributed by atoms with Crippen molar-refractivity contribution in [3.63, 3.8) is 0 Å². The molecule has 0 saturated carbocycles. The van der Waals surface area contributed by atoms with Gasteiger partial charge in [0, 0.05) is 132 Å². The first kappa shape index (κ1) is 125. The molecule has 0 atom stereocenters. The van der Waals surface area contributed by atoms with Crippen LogP contribution in [0.1, 0.15) is 81.1 Å². The number of hydrogen-bond acceptors (Lipinski definition) is 11. The third-order valence-corrected chi connectivity index (χ3v) is 16.3. The Kier molecular flexibility index (Phi) is 103. The summed E-state index contributed by atoms with van der Waals surface area (Å²) in [5.41, 5.74) is 0. The van der Waals surface area contributed by atoms with E-state index in [9.17, 15) is 13.7 Å². The summed E-state index contributed by atoms with van der Waals surface area (Å²) in [6.07, 6.45) is 13.6. The highest BCUT2D eigenvalue weighted by molar-refractivity contribution is 9.26. The van der Waals surface area contributed by atoms with E-state index in [4.69, 9.17) is 54.9 Å². The van der Waals surface area contributed by atoms with Gasteiger partial charge in [-0.1, -0.05) is 79.3 Å². The topological polar surface area (TPSA) is 160 Å². The molecule has 25 heteroatoms. The summed E-state index contributed by atoms with van der Waals surface area (Å²) in [7, 11) is 1.65. The van der Waals surface area contributed by atoms with Crippen LogP contribution in [0.5, 0.6) is 0 Å². The fourth-order valence-electron chi connectivity index (χ4n) is 5.34. The van der Waals surface area contributed by atoms with Gasteiger partial charge in [-0.15, -0.1) is 28.1 Å². The largest absolute Gasteiger partial charge is 1.00 e. The quantitative estimate of drug-likeness (QED) is 0.0179. The molecule has 0 spiro atoms. The molecule has 0 heterocycles. The lowest BCUT2D eigenvalue weighted by atomic mass is 10.4. The molecular weight excluding hydrogens is 1920 g/mol. The van der Waals surface area contributed by atoms with Crippen LogP contribution in [0.25, 0.3) is 0 Å². The van der Waals surface area contributed by atoms with Crippen molar-refractivity contribution in [2.75, 3.05) is 143 Å². The third kappa shape index (κ3) is 124. The van der Waals surface area contributed by atoms with Crippen LogP contribution < -0.4 is 34.0 Å². The molecule has 115 heavy (non-hydrogen) atoms. The summed E-state index contributed by atoms with van der Waals surface area (Å²) in [5.74, 6) is 121. The third-order valence-electron chi connectivity index (χ3n) is 9.39. The van der Waals surface area contributed by atoms with E-state index in [1.54, 1.807) is 20.8 Å². The number of alkyl halides is 3. The van der Waals surface area contributed by atoms with E-state index in [1.165, 1.54) is 6.42 Å². The van der Waals surface area contributed by atoms with E-state index >= 15 is 0 Å². The number of terminal acetylenes is 2. The van der Waals surface area contributed by atoms with Gasteiger partial charge >= 0.3 is 22.8 Å². The average molecular weight is 2010 g/mol. The minimum absolute atomic E-state index is 0. The number of halogens is 6. The van der Waals surface area contributed by atoms with Gasteiger partial charge in [0.25, 0.3) is 6.48 Å². The first-order valence-electron chi connectivity index (χ1n) is 34.1. The van der Waals surface area contributed by atoms with Gasteiger partial charge in [0.05, 0.1) is 105 Å². The first-order chi connectivity index (χ1) is 53.9. The van der Waals surface area contributed by atoms with Gasteiger partial charge in [-0.25, -0.2) is 0 Å². The molecule has 0 aliphatic rings. The first-order valence-corrected chi connectivity index (χ1v) is 48.4. The van der Waals surface area contributed by atoms with Crippen LogP contribution in [-0.2, 0) is 46.0 Å². The van der Waals surface area contributed by atoms with Gasteiger partial charge in [-0.3, -0.25) is 27.6 Å². The van der Waals surface area contributed by atoms with Crippen molar-refractivity contribution in [1.82, 2.24) is 4.90 Å². The summed E-state index contributed by atoms with van der Waals surface area (Å²) < 4.78 is 71.6. The van der Waals surface area contributed by atoms with Crippen LogP contribution in [0.3, 0.4) is 0 Å². The predicted octanol–water partition coefficient (Wildman–Crippen LogP) is 5.99. The van der Waals surface area contributed by atoms with Crippen molar-refractivity contribution in [2.24, 2.45) is 0 Å². The molecule has 0 bridgehead atoms. The molecule has 0 aromatic heterocycles. The lowest BCUT2D eigenvalue weighted by molar-refractivity contribution is -0.822. The maximum atomic E-state index is 12.5. The highest BCUT2D eigenvalue weighted by Crippen LogP contribution is 2.49. The normalized spacial score (nSPS) is 8.20. The lowest BCUT2D eigenvalue weighted by Crippen LogP contribution is -3.00. The average Bonchev–Trinajstić information content (AvgIpc) is 0.879. The van der Waals surface area contributed by atoms with Crippen LogP contribution in [0.15, 0.2) is 0 Å². The zero-order valence-corrected chi connectivity index (χ0v) is 81.5. The van der Waals surface area contributed by atoms with Crippen LogP contribution in [0.2, 0.25) is 19.6 Å². The van der Waals surface area contributed by atoms with E-state index in [0.717, 1.165) is 22.4 Å². The lowest BCUT2D eigenvalue weighted by Gasteiger charge is -2.22. The van der Waals surface area contributed by atoms with Gasteiger partial charge in [0.1, 0.15) is 6.69 Å². The molecule has 0 fully saturated rings. The Morgan fingerprint density at radius 2 is 0.600 bits per heavy atom. The van der Waals surface area contributed by atoms with E-state index < -0.39 is 36.0 Å². The summed E-state index contributed by atoms with van der Waals surface area (Å²) in [6, 6.07) is 5.91. The minimum atomic E-state index is -3.97. The van der Waals surface area contributed by atoms with E-state index in [-0.39, 0.29) is 44.6 Å². The van der Waals surface area contributed by atoms with Crippen LogP contribution in [0.4, 0.5) is 0 Å². The standard InChI is InChI=1S/C27H23NO3P.C23H14NO3P.C20H11N.C7H16BrO3P.C7H16O3.C3H6Br2.C3H9BrSi.2BrH/c1-6-9-10-11-12-13-14-15-16-17-18-19-20-21-22-23-25-28(4,5)26-24-27-32(29,30-7-2)31-8-3;1-4-5-6-7-8-9-10-11-12-13-14-15-16-17-18-19-21-24(2,3)22-20-23-28(25,26)27;1-4-5-6-7-8-9-10-11-12-13-14-15-16-17-18-19-20-21(2)3;1-3-10-12(9,11-4-2)7-5-6-8;1-4-8-7(9-5-2)10-6-3;4-2-1-3-5;1-5(2,3)4;;/h1H,7-8,24,26-27H2,2-5H3;1H,20,22-23H2,2-3H3,(H-,25,26,27);20H2,1-3H3;3-7H2,1-2H3;7H,4-6H2,1-3H3;1-3H2;1-3H3;2*1H/q+1;;;;;;;;/p-1. The second-order valence-electron chi connectivity index (χ2n) is 21.4. The van der Waals surface area contributed by atoms with Gasteiger partial charge in [-0.05, 0) is 260 Å². The smallest absolute Gasteiger partial charge is 0.330 e. The molecule has 604 valence electrons. The predicted molar refractivity (Wildman–Crippen MR) is 482 cm³/mol. The van der Waals surface area contributed by atoms with Crippen molar-refractivity contribution in [1.29, 1.82) is 0 Å². The number of hydrogen-bond donors (Lipinski definition) is 2. The van der Waals surface area contributed by atoms with Crippen molar-refractivity contribution in [3.05, 3.63) is 0 Å². The fourth-order valence-corrected chi connectivity index (χ4v) is 11.2. The Labute approximate surface area is 748 Å². The SMILES string of the molecule is BrCCCBr.C#CC#CC#CC#CC#CC#CC#CC#CC#C[N+](C)(C)CCCP(=O)(O)O.C#CC#CC#CC#CC#CC#CC#CC#CC#C[N+](C)(C)CCCP(=O)(OCC)OCC.CC#CC#CC#CC#CC#CC#CC#CC#CCN(C)C.CCOC(OCC)OCC.CCOP(=O)(CCCBr)OCC.C[Si](C)(C)Br.[Br-].[Br-]. The Morgan fingerprint density at radius 1 is 0.374 bits per heavy atom. The molecule has 0 radical (unpaired) electrons. The fraction of sp³-hybridized carbons (Fsp3) is 0.422. The van der Waals surface area contributed by atoms with Crippen molar-refractivity contribution in [3.8, 4) is 309 Å². The molecule has 0 aliphatic carbocycles. The molecule has 0 aliphatic heterocycles. The Morgan fingerprint density at radius 3 is 0.809 bits per heavy atom.